The summed E-state index contributed by atoms with van der Waals surface area (Å²) in [6, 6.07) is 0. The highest BCUT2D eigenvalue weighted by atomic mass is 32.2. The quantitative estimate of drug-likeness (QED) is 0.659. The summed E-state index contributed by atoms with van der Waals surface area (Å²) in [4.78, 5) is 0. The molecule has 1 saturated heterocycles. The zero-order chi connectivity index (χ0) is 16.4. The van der Waals surface area contributed by atoms with Crippen LogP contribution in [0.1, 0.15) is 87.0 Å². The Morgan fingerprint density at radius 3 is 1.86 bits per heavy atom. The lowest BCUT2D eigenvalue weighted by atomic mass is 9.70. The van der Waals surface area contributed by atoms with Crippen molar-refractivity contribution < 1.29 is 0 Å². The van der Waals surface area contributed by atoms with Crippen molar-refractivity contribution in [2.75, 3.05) is 0 Å². The van der Waals surface area contributed by atoms with Gasteiger partial charge in [0, 0.05) is 5.25 Å². The summed E-state index contributed by atoms with van der Waals surface area (Å²) in [6.07, 6.45) is 8.38. The van der Waals surface area contributed by atoms with Crippen molar-refractivity contribution in [2.24, 2.45) is 29.4 Å². The van der Waals surface area contributed by atoms with Crippen molar-refractivity contribution in [1.82, 2.24) is 0 Å². The minimum absolute atomic E-state index is 0.420. The highest BCUT2D eigenvalue weighted by molar-refractivity contribution is 8.00. The molecule has 2 N–H and O–H groups in total. The highest BCUT2D eigenvalue weighted by Crippen LogP contribution is 2.50. The lowest BCUT2D eigenvalue weighted by molar-refractivity contribution is 0.158. The first-order chi connectivity index (χ1) is 10.2. The first-order valence-electron chi connectivity index (χ1n) is 9.58. The van der Waals surface area contributed by atoms with Crippen LogP contribution in [0, 0.1) is 23.7 Å². The third-order valence-electron chi connectivity index (χ3n) is 5.16. The Bertz CT molecular complexity index is 236. The second kappa shape index (κ2) is 11.8. The van der Waals surface area contributed by atoms with Gasteiger partial charge in [-0.3, -0.25) is 0 Å². The third kappa shape index (κ3) is 5.78. The number of hydrogen-bond acceptors (Lipinski definition) is 2. The molecule has 1 aliphatic carbocycles. The standard InChI is InChI=1S/C15H29NS.2C2H6/c1-4-12-13(5-2)17-15(16)14(12)11-8-6-10(3)7-9-11;2*1-2/h10-15H,4-9,16H2,1-3H3;2*1-2H3. The molecule has 0 aromatic rings. The predicted octanol–water partition coefficient (Wildman–Crippen LogP) is 6.32. The molecule has 0 aromatic carbocycles. The first kappa shape index (κ1) is 21.3. The number of thioether (sulfide) groups is 1. The van der Waals surface area contributed by atoms with Crippen LogP contribution < -0.4 is 5.73 Å². The van der Waals surface area contributed by atoms with Gasteiger partial charge < -0.3 is 5.73 Å². The fourth-order valence-electron chi connectivity index (χ4n) is 4.11. The molecule has 0 amide bonds. The van der Waals surface area contributed by atoms with Gasteiger partial charge in [-0.25, -0.2) is 0 Å². The number of hydrogen-bond donors (Lipinski definition) is 1. The Labute approximate surface area is 139 Å². The molecule has 0 aromatic heterocycles. The van der Waals surface area contributed by atoms with E-state index in [0.29, 0.717) is 5.37 Å². The zero-order valence-electron chi connectivity index (χ0n) is 15.7. The van der Waals surface area contributed by atoms with Crippen molar-refractivity contribution in [3.05, 3.63) is 0 Å². The van der Waals surface area contributed by atoms with Crippen molar-refractivity contribution in [1.29, 1.82) is 0 Å². The molecular weight excluding hydrogens is 274 g/mol. The van der Waals surface area contributed by atoms with Gasteiger partial charge in [0.2, 0.25) is 0 Å². The Kier molecular flexibility index (Phi) is 12.0. The van der Waals surface area contributed by atoms with E-state index in [1.54, 1.807) is 0 Å². The molecule has 0 bridgehead atoms. The molecule has 1 saturated carbocycles. The summed E-state index contributed by atoms with van der Waals surface area (Å²) in [5, 5.41) is 1.25. The molecule has 2 rings (SSSR count). The minimum atomic E-state index is 0.420. The van der Waals surface area contributed by atoms with Crippen molar-refractivity contribution in [3.63, 3.8) is 0 Å². The maximum Gasteiger partial charge on any atom is 0.0544 e. The molecule has 2 fully saturated rings. The van der Waals surface area contributed by atoms with Crippen LogP contribution >= 0.6 is 11.8 Å². The van der Waals surface area contributed by atoms with Crippen LogP contribution in [0.25, 0.3) is 0 Å². The zero-order valence-corrected chi connectivity index (χ0v) is 16.5. The van der Waals surface area contributed by atoms with Gasteiger partial charge in [-0.1, -0.05) is 67.7 Å². The molecule has 2 aliphatic rings. The van der Waals surface area contributed by atoms with E-state index >= 15 is 0 Å². The molecule has 4 unspecified atom stereocenters. The lowest BCUT2D eigenvalue weighted by Gasteiger charge is -2.35. The monoisotopic (exact) mass is 315 g/mol. The smallest absolute Gasteiger partial charge is 0.0544 e. The number of rotatable bonds is 3. The Hall–Kier alpha value is 0.310. The van der Waals surface area contributed by atoms with Gasteiger partial charge in [-0.05, 0) is 42.9 Å². The molecular formula is C19H41NS. The maximum atomic E-state index is 6.44. The molecule has 0 radical (unpaired) electrons. The van der Waals surface area contributed by atoms with Crippen LogP contribution in [0.2, 0.25) is 0 Å². The fraction of sp³-hybridized carbons (Fsp3) is 1.00. The van der Waals surface area contributed by atoms with E-state index in [2.05, 4.69) is 32.5 Å². The first-order valence-corrected chi connectivity index (χ1v) is 10.5. The molecule has 1 heterocycles. The van der Waals surface area contributed by atoms with Gasteiger partial charge in [0.15, 0.2) is 0 Å². The molecule has 21 heavy (non-hydrogen) atoms. The maximum absolute atomic E-state index is 6.44. The molecule has 4 atom stereocenters. The molecule has 1 nitrogen and oxygen atoms in total. The normalized spacial score (nSPS) is 38.9. The summed E-state index contributed by atoms with van der Waals surface area (Å²) in [5.74, 6) is 3.58. The molecule has 2 heteroatoms. The van der Waals surface area contributed by atoms with Gasteiger partial charge in [0.05, 0.1) is 5.37 Å². The van der Waals surface area contributed by atoms with Crippen LogP contribution in [0.4, 0.5) is 0 Å². The van der Waals surface area contributed by atoms with E-state index in [4.69, 9.17) is 5.73 Å². The number of nitrogens with two attached hydrogens (primary N) is 1. The largest absolute Gasteiger partial charge is 0.319 e. The van der Waals surface area contributed by atoms with Crippen molar-refractivity contribution in [3.8, 4) is 0 Å². The van der Waals surface area contributed by atoms with Crippen LogP contribution in [0.3, 0.4) is 0 Å². The van der Waals surface area contributed by atoms with Gasteiger partial charge >= 0.3 is 0 Å². The Morgan fingerprint density at radius 2 is 1.43 bits per heavy atom. The Morgan fingerprint density at radius 1 is 0.905 bits per heavy atom. The topological polar surface area (TPSA) is 26.0 Å². The summed E-state index contributed by atoms with van der Waals surface area (Å²) in [6.45, 7) is 15.1. The van der Waals surface area contributed by atoms with Gasteiger partial charge in [-0.2, -0.15) is 0 Å². The molecule has 0 spiro atoms. The molecule has 1 aliphatic heterocycles. The SMILES string of the molecule is CC.CC.CCC1SC(N)C(C2CCC(C)CC2)C1CC. The van der Waals surface area contributed by atoms with E-state index in [-0.39, 0.29) is 0 Å². The third-order valence-corrected chi connectivity index (χ3v) is 6.82. The van der Waals surface area contributed by atoms with Crippen LogP contribution in [0.5, 0.6) is 0 Å². The van der Waals surface area contributed by atoms with E-state index in [1.165, 1.54) is 38.5 Å². The van der Waals surface area contributed by atoms with E-state index in [0.717, 1.165) is 28.9 Å². The molecule has 128 valence electrons. The van der Waals surface area contributed by atoms with E-state index in [9.17, 15) is 0 Å². The van der Waals surface area contributed by atoms with E-state index < -0.39 is 0 Å². The highest BCUT2D eigenvalue weighted by Gasteiger charge is 2.44. The van der Waals surface area contributed by atoms with E-state index in [1.807, 2.05) is 27.7 Å². The van der Waals surface area contributed by atoms with Crippen LogP contribution in [-0.4, -0.2) is 10.6 Å². The summed E-state index contributed by atoms with van der Waals surface area (Å²) < 4.78 is 0. The second-order valence-corrected chi connectivity index (χ2v) is 7.64. The average molecular weight is 316 g/mol. The van der Waals surface area contributed by atoms with Crippen molar-refractivity contribution in [2.45, 2.75) is 97.6 Å². The van der Waals surface area contributed by atoms with Gasteiger partial charge in [-0.15, -0.1) is 11.8 Å². The van der Waals surface area contributed by atoms with Gasteiger partial charge in [0.1, 0.15) is 0 Å². The fourth-order valence-corrected chi connectivity index (χ4v) is 5.88. The predicted molar refractivity (Wildman–Crippen MR) is 101 cm³/mol. The van der Waals surface area contributed by atoms with Crippen molar-refractivity contribution >= 4 is 11.8 Å². The second-order valence-electron chi connectivity index (χ2n) is 6.22. The van der Waals surface area contributed by atoms with Gasteiger partial charge in [0.25, 0.3) is 0 Å². The summed E-state index contributed by atoms with van der Waals surface area (Å²) >= 11 is 2.08. The summed E-state index contributed by atoms with van der Waals surface area (Å²) in [5.41, 5.74) is 6.44. The van der Waals surface area contributed by atoms with Crippen LogP contribution in [0.15, 0.2) is 0 Å². The average Bonchev–Trinajstić information content (AvgIpc) is 2.88. The van der Waals surface area contributed by atoms with Crippen LogP contribution in [-0.2, 0) is 0 Å². The summed E-state index contributed by atoms with van der Waals surface area (Å²) in [7, 11) is 0. The lowest BCUT2D eigenvalue weighted by Crippen LogP contribution is -2.35. The Balaban J connectivity index is 0.000000921. The minimum Gasteiger partial charge on any atom is -0.319 e.